The van der Waals surface area contributed by atoms with E-state index < -0.39 is 5.91 Å². The lowest BCUT2D eigenvalue weighted by molar-refractivity contribution is -0.118. The molecule has 0 atom stereocenters. The molecule has 0 bridgehead atoms. The van der Waals surface area contributed by atoms with Crippen molar-refractivity contribution in [2.24, 2.45) is 0 Å². The number of aryl methyl sites for hydroxylation is 1. The summed E-state index contributed by atoms with van der Waals surface area (Å²) in [6.45, 7) is 1.82. The summed E-state index contributed by atoms with van der Waals surface area (Å²) in [5.74, 6) is -0.154. The Labute approximate surface area is 200 Å². The normalized spacial score (nSPS) is 14.6. The maximum atomic E-state index is 12.8. The highest BCUT2D eigenvalue weighted by atomic mass is 35.5. The Morgan fingerprint density at radius 2 is 1.82 bits per heavy atom. The molecule has 0 unspecified atom stereocenters. The van der Waals surface area contributed by atoms with Crippen LogP contribution in [0.15, 0.2) is 77.7 Å². The van der Waals surface area contributed by atoms with Gasteiger partial charge in [0.15, 0.2) is 6.61 Å². The first-order chi connectivity index (χ1) is 15.9. The van der Waals surface area contributed by atoms with Crippen LogP contribution >= 0.6 is 23.4 Å². The second-order valence-corrected chi connectivity index (χ2v) is 8.70. The highest BCUT2D eigenvalue weighted by Gasteiger charge is 2.36. The minimum atomic E-state index is -0.402. The molecule has 1 heterocycles. The number of carbonyl (C=O) groups excluding carboxylic acids is 3. The molecule has 8 heteroatoms. The number of hydrogen-bond acceptors (Lipinski definition) is 5. The fraction of sp³-hybridized carbons (Fsp3) is 0.0800. The summed E-state index contributed by atoms with van der Waals surface area (Å²) in [4.78, 5) is 38.6. The van der Waals surface area contributed by atoms with Gasteiger partial charge in [0.2, 0.25) is 0 Å². The van der Waals surface area contributed by atoms with Gasteiger partial charge in [0.1, 0.15) is 5.75 Å². The van der Waals surface area contributed by atoms with E-state index in [0.717, 1.165) is 27.8 Å². The molecule has 0 spiro atoms. The van der Waals surface area contributed by atoms with Crippen molar-refractivity contribution >= 4 is 57.9 Å². The molecular formula is C25H19ClN2O4S. The topological polar surface area (TPSA) is 75.7 Å². The molecule has 3 amide bonds. The van der Waals surface area contributed by atoms with Crippen molar-refractivity contribution in [1.29, 1.82) is 0 Å². The predicted octanol–water partition coefficient (Wildman–Crippen LogP) is 5.91. The molecule has 1 aliphatic heterocycles. The van der Waals surface area contributed by atoms with E-state index in [1.807, 2.05) is 31.2 Å². The Balaban J connectivity index is 1.37. The van der Waals surface area contributed by atoms with Gasteiger partial charge in [-0.25, -0.2) is 4.90 Å². The van der Waals surface area contributed by atoms with Crippen LogP contribution in [-0.4, -0.2) is 23.7 Å². The number of hydrogen-bond donors (Lipinski definition) is 1. The molecule has 1 N–H and O–H groups in total. The van der Waals surface area contributed by atoms with Crippen LogP contribution in [0.3, 0.4) is 0 Å². The molecule has 1 saturated heterocycles. The van der Waals surface area contributed by atoms with E-state index in [1.54, 1.807) is 54.6 Å². The lowest BCUT2D eigenvalue weighted by atomic mass is 10.2. The van der Waals surface area contributed by atoms with Gasteiger partial charge in [0.25, 0.3) is 17.1 Å². The molecule has 6 nitrogen and oxygen atoms in total. The zero-order valence-corrected chi connectivity index (χ0v) is 19.2. The van der Waals surface area contributed by atoms with Crippen molar-refractivity contribution in [3.63, 3.8) is 0 Å². The molecule has 0 radical (unpaired) electrons. The van der Waals surface area contributed by atoms with Gasteiger partial charge >= 0.3 is 0 Å². The van der Waals surface area contributed by atoms with E-state index in [0.29, 0.717) is 27.1 Å². The van der Waals surface area contributed by atoms with E-state index in [1.165, 1.54) is 0 Å². The maximum absolute atomic E-state index is 12.8. The average molecular weight is 479 g/mol. The van der Waals surface area contributed by atoms with E-state index in [4.69, 9.17) is 16.3 Å². The summed E-state index contributed by atoms with van der Waals surface area (Å²) in [6, 6.07) is 21.0. The van der Waals surface area contributed by atoms with E-state index in [9.17, 15) is 14.4 Å². The second kappa shape index (κ2) is 9.94. The zero-order valence-electron chi connectivity index (χ0n) is 17.6. The number of nitrogens with zero attached hydrogens (tertiary/aromatic N) is 1. The third-order valence-corrected chi connectivity index (χ3v) is 5.81. The largest absolute Gasteiger partial charge is 0.484 e. The Kier molecular flexibility index (Phi) is 6.82. The number of carbonyl (C=O) groups is 3. The Morgan fingerprint density at radius 1 is 1.06 bits per heavy atom. The first-order valence-electron chi connectivity index (χ1n) is 10.0. The lowest BCUT2D eigenvalue weighted by Crippen LogP contribution is -2.27. The molecule has 166 valence electrons. The summed E-state index contributed by atoms with van der Waals surface area (Å²) >= 11 is 6.85. The van der Waals surface area contributed by atoms with Crippen molar-refractivity contribution < 1.29 is 19.1 Å². The predicted molar refractivity (Wildman–Crippen MR) is 132 cm³/mol. The Morgan fingerprint density at radius 3 is 2.55 bits per heavy atom. The molecule has 0 aromatic heterocycles. The van der Waals surface area contributed by atoms with Gasteiger partial charge in [-0.05, 0) is 78.4 Å². The zero-order chi connectivity index (χ0) is 23.4. The summed E-state index contributed by atoms with van der Waals surface area (Å²) in [5.41, 5.74) is 2.92. The Bertz CT molecular complexity index is 1260. The van der Waals surface area contributed by atoms with Crippen molar-refractivity contribution in [3.8, 4) is 5.75 Å². The van der Waals surface area contributed by atoms with Crippen LogP contribution in [-0.2, 0) is 9.59 Å². The van der Waals surface area contributed by atoms with Gasteiger partial charge < -0.3 is 10.1 Å². The molecule has 1 fully saturated rings. The summed E-state index contributed by atoms with van der Waals surface area (Å²) in [7, 11) is 0. The number of imide groups is 1. The van der Waals surface area contributed by atoms with Gasteiger partial charge in [-0.3, -0.25) is 14.4 Å². The van der Waals surface area contributed by atoms with Gasteiger partial charge in [-0.15, -0.1) is 0 Å². The molecule has 1 aliphatic rings. The number of rotatable bonds is 6. The van der Waals surface area contributed by atoms with Gasteiger partial charge in [0, 0.05) is 10.7 Å². The molecule has 4 rings (SSSR count). The standard InChI is InChI=1S/C25H19ClN2O4S/c1-16-4-2-6-19(12-16)27-23(29)15-32-21-10-8-17(9-11-21)13-22-24(30)28(25(31)33-22)20-7-3-5-18(26)14-20/h2-14H,15H2,1H3,(H,27,29)/b22-13-. The van der Waals surface area contributed by atoms with Crippen LogP contribution in [0.25, 0.3) is 6.08 Å². The summed E-state index contributed by atoms with van der Waals surface area (Å²) in [6.07, 6.45) is 1.64. The fourth-order valence-corrected chi connectivity index (χ4v) is 4.21. The number of anilines is 2. The maximum Gasteiger partial charge on any atom is 0.298 e. The monoisotopic (exact) mass is 478 g/mol. The highest BCUT2D eigenvalue weighted by molar-refractivity contribution is 8.19. The van der Waals surface area contributed by atoms with Crippen LogP contribution in [0.4, 0.5) is 16.2 Å². The molecular weight excluding hydrogens is 460 g/mol. The molecule has 3 aromatic rings. The smallest absolute Gasteiger partial charge is 0.298 e. The number of amides is 3. The number of benzene rings is 3. The quantitative estimate of drug-likeness (QED) is 0.446. The van der Waals surface area contributed by atoms with Gasteiger partial charge in [-0.1, -0.05) is 41.9 Å². The highest BCUT2D eigenvalue weighted by Crippen LogP contribution is 2.36. The van der Waals surface area contributed by atoms with Crippen molar-refractivity contribution in [3.05, 3.63) is 93.9 Å². The SMILES string of the molecule is Cc1cccc(NC(=O)COc2ccc(/C=C3\SC(=O)N(c4cccc(Cl)c4)C3=O)cc2)c1. The minimum absolute atomic E-state index is 0.133. The Hall–Kier alpha value is -3.55. The third-order valence-electron chi connectivity index (χ3n) is 4.71. The first kappa shape index (κ1) is 22.6. The van der Waals surface area contributed by atoms with Crippen molar-refractivity contribution in [1.82, 2.24) is 0 Å². The van der Waals surface area contributed by atoms with Crippen LogP contribution in [0.5, 0.6) is 5.75 Å². The average Bonchev–Trinajstić information content (AvgIpc) is 3.06. The van der Waals surface area contributed by atoms with Crippen molar-refractivity contribution in [2.45, 2.75) is 6.92 Å². The minimum Gasteiger partial charge on any atom is -0.484 e. The summed E-state index contributed by atoms with van der Waals surface area (Å²) < 4.78 is 5.54. The van der Waals surface area contributed by atoms with Crippen LogP contribution in [0, 0.1) is 6.92 Å². The fourth-order valence-electron chi connectivity index (χ4n) is 3.19. The van der Waals surface area contributed by atoms with E-state index in [-0.39, 0.29) is 17.8 Å². The van der Waals surface area contributed by atoms with Crippen LogP contribution in [0.1, 0.15) is 11.1 Å². The number of thioether (sulfide) groups is 1. The summed E-state index contributed by atoms with van der Waals surface area (Å²) in [5, 5.41) is 2.85. The lowest BCUT2D eigenvalue weighted by Gasteiger charge is -2.12. The molecule has 0 saturated carbocycles. The van der Waals surface area contributed by atoms with Gasteiger partial charge in [0.05, 0.1) is 10.6 Å². The van der Waals surface area contributed by atoms with Crippen LogP contribution < -0.4 is 15.0 Å². The van der Waals surface area contributed by atoms with Gasteiger partial charge in [-0.2, -0.15) is 0 Å². The molecule has 0 aliphatic carbocycles. The number of halogens is 1. The van der Waals surface area contributed by atoms with E-state index >= 15 is 0 Å². The first-order valence-corrected chi connectivity index (χ1v) is 11.2. The number of ether oxygens (including phenoxy) is 1. The van der Waals surface area contributed by atoms with Crippen LogP contribution in [0.2, 0.25) is 5.02 Å². The van der Waals surface area contributed by atoms with E-state index in [2.05, 4.69) is 5.32 Å². The molecule has 3 aromatic carbocycles. The van der Waals surface area contributed by atoms with Crippen molar-refractivity contribution in [2.75, 3.05) is 16.8 Å². The molecule has 33 heavy (non-hydrogen) atoms. The second-order valence-electron chi connectivity index (χ2n) is 7.27. The number of nitrogens with one attached hydrogen (secondary N) is 1. The third kappa shape index (κ3) is 5.63.